The van der Waals surface area contributed by atoms with Crippen molar-refractivity contribution in [2.75, 3.05) is 30.0 Å². The zero-order valence-electron chi connectivity index (χ0n) is 20.2. The van der Waals surface area contributed by atoms with E-state index in [9.17, 15) is 18.9 Å². The highest BCUT2D eigenvalue weighted by molar-refractivity contribution is 6.08. The molecule has 0 atom stereocenters. The Kier molecular flexibility index (Phi) is 6.26. The molecule has 0 N–H and O–H groups in total. The van der Waals surface area contributed by atoms with Crippen LogP contribution in [-0.4, -0.2) is 41.8 Å². The van der Waals surface area contributed by atoms with Crippen LogP contribution in [0.15, 0.2) is 41.6 Å². The topological polar surface area (TPSA) is 97.1 Å². The summed E-state index contributed by atoms with van der Waals surface area (Å²) in [6.45, 7) is 2.83. The highest BCUT2D eigenvalue weighted by atomic mass is 19.1. The fourth-order valence-electron chi connectivity index (χ4n) is 5.01. The van der Waals surface area contributed by atoms with Crippen LogP contribution in [0, 0.1) is 17.6 Å². The number of carbonyl (C=O) groups excluding carboxylic acids is 2. The van der Waals surface area contributed by atoms with Gasteiger partial charge < -0.3 is 14.5 Å². The minimum atomic E-state index is -0.590. The summed E-state index contributed by atoms with van der Waals surface area (Å²) in [5.41, 5.74) is 4.10. The van der Waals surface area contributed by atoms with Gasteiger partial charge in [0.25, 0.3) is 5.91 Å². The summed E-state index contributed by atoms with van der Waals surface area (Å²) in [6.07, 6.45) is 2.89. The Morgan fingerprint density at radius 3 is 2.53 bits per heavy atom. The Labute approximate surface area is 207 Å². The van der Waals surface area contributed by atoms with E-state index in [1.54, 1.807) is 11.0 Å². The standard InChI is InChI=1S/C26H26FN5O4/c1-16-13-17(6-8-22(16)31-11-4-3-5-24(31)33)30-12-10-19-21(15-28-35)29-32(25(19)26(30)34)18-7-9-23(36-2)20(27)14-18/h6-9,13-14H,3-5,10-12,15H2,1-2H3. The van der Waals surface area contributed by atoms with Crippen molar-refractivity contribution in [1.82, 2.24) is 9.78 Å². The van der Waals surface area contributed by atoms with Crippen molar-refractivity contribution in [3.05, 3.63) is 69.6 Å². The van der Waals surface area contributed by atoms with Crippen LogP contribution in [0.25, 0.3) is 5.69 Å². The van der Waals surface area contributed by atoms with Crippen LogP contribution in [0.5, 0.6) is 5.75 Å². The Hall–Kier alpha value is -4.08. The van der Waals surface area contributed by atoms with Crippen LogP contribution in [0.3, 0.4) is 0 Å². The molecule has 3 heterocycles. The van der Waals surface area contributed by atoms with Crippen LogP contribution in [0.4, 0.5) is 15.8 Å². The quantitative estimate of drug-likeness (QED) is 0.479. The van der Waals surface area contributed by atoms with Crippen molar-refractivity contribution in [1.29, 1.82) is 0 Å². The number of piperidine rings is 1. The molecule has 2 aromatic carbocycles. The third-order valence-electron chi connectivity index (χ3n) is 6.80. The van der Waals surface area contributed by atoms with Gasteiger partial charge in [-0.15, -0.1) is 0 Å². The molecule has 2 amide bonds. The van der Waals surface area contributed by atoms with E-state index in [0.717, 1.165) is 24.1 Å². The van der Waals surface area contributed by atoms with Crippen molar-refractivity contribution in [3.8, 4) is 11.4 Å². The molecule has 0 bridgehead atoms. The second kappa shape index (κ2) is 9.52. The monoisotopic (exact) mass is 491 g/mol. The molecule has 5 rings (SSSR count). The Morgan fingerprint density at radius 2 is 1.83 bits per heavy atom. The maximum atomic E-state index is 14.5. The smallest absolute Gasteiger partial charge is 0.277 e. The predicted octanol–water partition coefficient (Wildman–Crippen LogP) is 4.31. The third-order valence-corrected chi connectivity index (χ3v) is 6.80. The number of amides is 2. The van der Waals surface area contributed by atoms with Crippen molar-refractivity contribution in [2.24, 2.45) is 5.18 Å². The van der Waals surface area contributed by atoms with E-state index in [2.05, 4.69) is 10.3 Å². The van der Waals surface area contributed by atoms with Crippen LogP contribution >= 0.6 is 0 Å². The number of nitroso groups, excluding NO2 is 1. The van der Waals surface area contributed by atoms with E-state index in [1.807, 2.05) is 30.0 Å². The summed E-state index contributed by atoms with van der Waals surface area (Å²) in [4.78, 5) is 40.7. The molecule has 9 nitrogen and oxygen atoms in total. The first-order valence-electron chi connectivity index (χ1n) is 11.9. The van der Waals surface area contributed by atoms with E-state index in [4.69, 9.17) is 4.74 Å². The average molecular weight is 492 g/mol. The lowest BCUT2D eigenvalue weighted by Crippen LogP contribution is -2.39. The molecular weight excluding hydrogens is 465 g/mol. The van der Waals surface area contributed by atoms with Crippen LogP contribution in [-0.2, 0) is 17.8 Å². The number of methoxy groups -OCH3 is 1. The second-order valence-electron chi connectivity index (χ2n) is 8.97. The van der Waals surface area contributed by atoms with Crippen molar-refractivity contribution in [3.63, 3.8) is 0 Å². The number of ether oxygens (including phenoxy) is 1. The number of anilines is 2. The van der Waals surface area contributed by atoms with E-state index < -0.39 is 5.82 Å². The number of carbonyl (C=O) groups is 2. The van der Waals surface area contributed by atoms with Gasteiger partial charge in [0.15, 0.2) is 11.6 Å². The summed E-state index contributed by atoms with van der Waals surface area (Å²) >= 11 is 0. The molecule has 0 unspecified atom stereocenters. The lowest BCUT2D eigenvalue weighted by molar-refractivity contribution is -0.119. The molecule has 186 valence electrons. The van der Waals surface area contributed by atoms with Crippen molar-refractivity contribution < 1.29 is 18.7 Å². The van der Waals surface area contributed by atoms with E-state index >= 15 is 0 Å². The second-order valence-corrected chi connectivity index (χ2v) is 8.97. The first-order chi connectivity index (χ1) is 17.4. The molecule has 3 aromatic rings. The maximum absolute atomic E-state index is 14.5. The van der Waals surface area contributed by atoms with E-state index in [-0.39, 0.29) is 29.8 Å². The normalized spacial score (nSPS) is 15.8. The van der Waals surface area contributed by atoms with Gasteiger partial charge in [-0.05, 0) is 62.1 Å². The molecule has 2 aliphatic heterocycles. The number of aromatic nitrogens is 2. The SMILES string of the molecule is COc1ccc(-n2nc(CN=O)c3c2C(=O)N(c2ccc(N4CCCCC4=O)c(C)c2)CC3)cc1F. The molecule has 1 aromatic heterocycles. The lowest BCUT2D eigenvalue weighted by Gasteiger charge is -2.31. The summed E-state index contributed by atoms with van der Waals surface area (Å²) in [5, 5.41) is 7.41. The number of hydrogen-bond acceptors (Lipinski definition) is 6. The number of rotatable bonds is 6. The molecule has 1 fully saturated rings. The number of hydrogen-bond donors (Lipinski definition) is 0. The van der Waals surface area contributed by atoms with Gasteiger partial charge in [-0.1, -0.05) is 5.18 Å². The van der Waals surface area contributed by atoms with E-state index in [0.29, 0.717) is 48.6 Å². The largest absolute Gasteiger partial charge is 0.494 e. The highest BCUT2D eigenvalue weighted by Crippen LogP contribution is 2.33. The molecule has 2 aliphatic rings. The molecule has 1 saturated heterocycles. The Bertz CT molecular complexity index is 1370. The number of nitrogens with zero attached hydrogens (tertiary/aromatic N) is 5. The van der Waals surface area contributed by atoms with Gasteiger partial charge in [0.1, 0.15) is 12.2 Å². The predicted molar refractivity (Wildman–Crippen MR) is 132 cm³/mol. The fourth-order valence-corrected chi connectivity index (χ4v) is 5.01. The summed E-state index contributed by atoms with van der Waals surface area (Å²) < 4.78 is 20.8. The van der Waals surface area contributed by atoms with Crippen LogP contribution in [0.1, 0.15) is 46.6 Å². The molecule has 36 heavy (non-hydrogen) atoms. The third kappa shape index (κ3) is 4.02. The van der Waals surface area contributed by atoms with Crippen molar-refractivity contribution >= 4 is 23.2 Å². The molecule has 0 saturated carbocycles. The molecule has 0 radical (unpaired) electrons. The van der Waals surface area contributed by atoms with Gasteiger partial charge in [-0.25, -0.2) is 9.07 Å². The first kappa shape index (κ1) is 23.7. The zero-order chi connectivity index (χ0) is 25.4. The summed E-state index contributed by atoms with van der Waals surface area (Å²) in [5.74, 6) is -0.709. The van der Waals surface area contributed by atoms with Gasteiger partial charge in [0, 0.05) is 42.5 Å². The molecule has 10 heteroatoms. The minimum absolute atomic E-state index is 0.0743. The average Bonchev–Trinajstić information content (AvgIpc) is 3.24. The number of benzene rings is 2. The fraction of sp³-hybridized carbons (Fsp3) is 0.346. The molecule has 0 aliphatic carbocycles. The van der Waals surface area contributed by atoms with Crippen LogP contribution < -0.4 is 14.5 Å². The van der Waals surface area contributed by atoms with Crippen LogP contribution in [0.2, 0.25) is 0 Å². The summed E-state index contributed by atoms with van der Waals surface area (Å²) in [6, 6.07) is 9.94. The molecular formula is C26H26FN5O4. The first-order valence-corrected chi connectivity index (χ1v) is 11.9. The number of aryl methyl sites for hydroxylation is 1. The Morgan fingerprint density at radius 1 is 1.03 bits per heavy atom. The summed E-state index contributed by atoms with van der Waals surface area (Å²) in [7, 11) is 1.37. The van der Waals surface area contributed by atoms with Gasteiger partial charge in [0.05, 0.1) is 18.5 Å². The Balaban J connectivity index is 1.52. The van der Waals surface area contributed by atoms with Gasteiger partial charge in [-0.3, -0.25) is 9.59 Å². The number of fused-ring (bicyclic) bond motifs is 1. The molecule has 0 spiro atoms. The highest BCUT2D eigenvalue weighted by Gasteiger charge is 2.34. The van der Waals surface area contributed by atoms with Gasteiger partial charge >= 0.3 is 0 Å². The number of halogens is 1. The van der Waals surface area contributed by atoms with Crippen molar-refractivity contribution in [2.45, 2.75) is 39.2 Å². The maximum Gasteiger partial charge on any atom is 0.277 e. The minimum Gasteiger partial charge on any atom is -0.494 e. The zero-order valence-corrected chi connectivity index (χ0v) is 20.2. The lowest BCUT2D eigenvalue weighted by atomic mass is 10.0. The van der Waals surface area contributed by atoms with Gasteiger partial charge in [0.2, 0.25) is 5.91 Å². The van der Waals surface area contributed by atoms with Gasteiger partial charge in [-0.2, -0.15) is 10.0 Å². The van der Waals surface area contributed by atoms with E-state index in [1.165, 1.54) is 23.9 Å².